The number of likely N-dealkylation sites (N-methyl/N-ethyl adjacent to an activating group) is 1. The van der Waals surface area contributed by atoms with Crippen molar-refractivity contribution in [2.24, 2.45) is 0 Å². The van der Waals surface area contributed by atoms with Crippen LogP contribution in [-0.4, -0.2) is 62.8 Å². The molecule has 23 heavy (non-hydrogen) atoms. The van der Waals surface area contributed by atoms with Crippen molar-refractivity contribution < 1.29 is 13.2 Å². The van der Waals surface area contributed by atoms with Gasteiger partial charge >= 0.3 is 0 Å². The van der Waals surface area contributed by atoms with Crippen molar-refractivity contribution in [2.75, 3.05) is 33.2 Å². The SMILES string of the molecule is CC1CNCCN1C(=O)CN(C)S(=O)(=O)c1ccc(Cl)cc1.Cl. The Morgan fingerprint density at radius 1 is 1.39 bits per heavy atom. The molecule has 1 aliphatic rings. The van der Waals surface area contributed by atoms with Gasteiger partial charge in [-0.05, 0) is 31.2 Å². The average molecular weight is 382 g/mol. The van der Waals surface area contributed by atoms with Crippen LogP contribution in [0.1, 0.15) is 6.92 Å². The molecule has 0 aromatic heterocycles. The van der Waals surface area contributed by atoms with Crippen LogP contribution in [-0.2, 0) is 14.8 Å². The van der Waals surface area contributed by atoms with Gasteiger partial charge in [0.2, 0.25) is 15.9 Å². The number of nitrogens with one attached hydrogen (secondary N) is 1. The lowest BCUT2D eigenvalue weighted by molar-refractivity contribution is -0.133. The van der Waals surface area contributed by atoms with Crippen LogP contribution in [0.3, 0.4) is 0 Å². The molecule has 6 nitrogen and oxygen atoms in total. The molecule has 1 aliphatic heterocycles. The van der Waals surface area contributed by atoms with Gasteiger partial charge in [0.25, 0.3) is 0 Å². The molecular weight excluding hydrogens is 361 g/mol. The lowest BCUT2D eigenvalue weighted by Crippen LogP contribution is -2.54. The molecule has 1 fully saturated rings. The zero-order valence-corrected chi connectivity index (χ0v) is 15.4. The van der Waals surface area contributed by atoms with Gasteiger partial charge in [-0.15, -0.1) is 12.4 Å². The summed E-state index contributed by atoms with van der Waals surface area (Å²) in [5.41, 5.74) is 0. The Bertz CT molecular complexity index is 637. The minimum absolute atomic E-state index is 0. The highest BCUT2D eigenvalue weighted by atomic mass is 35.5. The molecule has 2 rings (SSSR count). The van der Waals surface area contributed by atoms with Crippen LogP contribution < -0.4 is 5.32 Å². The van der Waals surface area contributed by atoms with Crippen LogP contribution in [0.5, 0.6) is 0 Å². The van der Waals surface area contributed by atoms with E-state index in [4.69, 9.17) is 11.6 Å². The Morgan fingerprint density at radius 2 is 2.00 bits per heavy atom. The molecule has 1 aromatic carbocycles. The summed E-state index contributed by atoms with van der Waals surface area (Å²) in [4.78, 5) is 14.2. The first-order valence-electron chi connectivity index (χ1n) is 7.04. The van der Waals surface area contributed by atoms with Crippen molar-refractivity contribution in [2.45, 2.75) is 17.9 Å². The van der Waals surface area contributed by atoms with E-state index >= 15 is 0 Å². The van der Waals surface area contributed by atoms with E-state index in [0.29, 0.717) is 11.6 Å². The maximum absolute atomic E-state index is 12.4. The molecule has 0 spiro atoms. The molecule has 9 heteroatoms. The third-order valence-electron chi connectivity index (χ3n) is 3.70. The summed E-state index contributed by atoms with van der Waals surface area (Å²) in [6.07, 6.45) is 0. The monoisotopic (exact) mass is 381 g/mol. The second kappa shape index (κ2) is 8.30. The van der Waals surface area contributed by atoms with Crippen LogP contribution in [0.4, 0.5) is 0 Å². The molecule has 0 saturated carbocycles. The van der Waals surface area contributed by atoms with Gasteiger partial charge < -0.3 is 10.2 Å². The van der Waals surface area contributed by atoms with Crippen LogP contribution in [0.15, 0.2) is 29.2 Å². The molecular formula is C14H21Cl2N3O3S. The number of hydrogen-bond acceptors (Lipinski definition) is 4. The second-order valence-corrected chi connectivity index (χ2v) is 7.84. The molecule has 0 aliphatic carbocycles. The number of amides is 1. The Balaban J connectivity index is 0.00000264. The number of benzene rings is 1. The lowest BCUT2D eigenvalue weighted by atomic mass is 10.2. The summed E-state index contributed by atoms with van der Waals surface area (Å²) < 4.78 is 26.0. The Morgan fingerprint density at radius 3 is 2.57 bits per heavy atom. The van der Waals surface area contributed by atoms with Gasteiger partial charge in [0.1, 0.15) is 0 Å². The van der Waals surface area contributed by atoms with Gasteiger partial charge in [0, 0.05) is 37.7 Å². The zero-order valence-electron chi connectivity index (χ0n) is 13.0. The van der Waals surface area contributed by atoms with E-state index in [1.54, 1.807) is 4.90 Å². The number of nitrogens with zero attached hydrogens (tertiary/aromatic N) is 2. The number of hydrogen-bond donors (Lipinski definition) is 1. The zero-order chi connectivity index (χ0) is 16.3. The fraction of sp³-hybridized carbons (Fsp3) is 0.500. The van der Waals surface area contributed by atoms with Gasteiger partial charge in [0.15, 0.2) is 0 Å². The van der Waals surface area contributed by atoms with Gasteiger partial charge in [-0.25, -0.2) is 8.42 Å². The first-order chi connectivity index (χ1) is 10.3. The molecule has 1 N–H and O–H groups in total. The summed E-state index contributed by atoms with van der Waals surface area (Å²) >= 11 is 5.77. The number of piperazine rings is 1. The van der Waals surface area contributed by atoms with Crippen LogP contribution in [0.25, 0.3) is 0 Å². The van der Waals surface area contributed by atoms with Crippen LogP contribution in [0.2, 0.25) is 5.02 Å². The van der Waals surface area contributed by atoms with E-state index < -0.39 is 10.0 Å². The van der Waals surface area contributed by atoms with Crippen LogP contribution >= 0.6 is 24.0 Å². The Kier molecular flexibility index (Phi) is 7.29. The molecule has 130 valence electrons. The van der Waals surface area contributed by atoms with Crippen molar-refractivity contribution >= 4 is 39.9 Å². The van der Waals surface area contributed by atoms with E-state index in [2.05, 4.69) is 5.32 Å². The summed E-state index contributed by atoms with van der Waals surface area (Å²) in [5.74, 6) is -0.186. The normalized spacial score (nSPS) is 18.6. The van der Waals surface area contributed by atoms with E-state index in [9.17, 15) is 13.2 Å². The first kappa shape index (κ1) is 20.2. The van der Waals surface area contributed by atoms with Gasteiger partial charge in [-0.2, -0.15) is 4.31 Å². The van der Waals surface area contributed by atoms with E-state index in [0.717, 1.165) is 17.4 Å². The molecule has 1 amide bonds. The lowest BCUT2D eigenvalue weighted by Gasteiger charge is -2.34. The molecule has 0 radical (unpaired) electrons. The summed E-state index contributed by atoms with van der Waals surface area (Å²) in [7, 11) is -2.28. The van der Waals surface area contributed by atoms with Crippen molar-refractivity contribution in [1.82, 2.24) is 14.5 Å². The highest BCUT2D eigenvalue weighted by Gasteiger charge is 2.28. The molecule has 0 bridgehead atoms. The number of carbonyl (C=O) groups is 1. The standard InChI is InChI=1S/C14H20ClN3O3S.ClH/c1-11-9-16-7-8-18(11)14(19)10-17(2)22(20,21)13-5-3-12(15)4-6-13;/h3-6,11,16H,7-10H2,1-2H3;1H. The number of rotatable bonds is 4. The van der Waals surface area contributed by atoms with Crippen molar-refractivity contribution in [3.05, 3.63) is 29.3 Å². The third-order valence-corrected chi connectivity index (χ3v) is 5.77. The van der Waals surface area contributed by atoms with Crippen molar-refractivity contribution in [3.8, 4) is 0 Å². The highest BCUT2D eigenvalue weighted by Crippen LogP contribution is 2.17. The smallest absolute Gasteiger partial charge is 0.243 e. The van der Waals surface area contributed by atoms with Gasteiger partial charge in [-0.1, -0.05) is 11.6 Å². The first-order valence-corrected chi connectivity index (χ1v) is 8.86. The minimum Gasteiger partial charge on any atom is -0.336 e. The largest absolute Gasteiger partial charge is 0.336 e. The molecule has 1 saturated heterocycles. The van der Waals surface area contributed by atoms with Gasteiger partial charge in [-0.3, -0.25) is 4.79 Å². The molecule has 1 atom stereocenters. The van der Waals surface area contributed by atoms with Crippen LogP contribution in [0, 0.1) is 0 Å². The van der Waals surface area contributed by atoms with E-state index in [-0.39, 0.29) is 35.8 Å². The third kappa shape index (κ3) is 4.81. The summed E-state index contributed by atoms with van der Waals surface area (Å²) in [5, 5.41) is 3.66. The molecule has 1 aromatic rings. The maximum atomic E-state index is 12.4. The number of carbonyl (C=O) groups excluding carboxylic acids is 1. The topological polar surface area (TPSA) is 69.7 Å². The number of halogens is 2. The fourth-order valence-corrected chi connectivity index (χ4v) is 3.61. The van der Waals surface area contributed by atoms with Gasteiger partial charge in [0.05, 0.1) is 11.4 Å². The minimum atomic E-state index is -3.70. The predicted molar refractivity (Wildman–Crippen MR) is 92.6 cm³/mol. The van der Waals surface area contributed by atoms with E-state index in [1.165, 1.54) is 31.3 Å². The second-order valence-electron chi connectivity index (χ2n) is 5.36. The predicted octanol–water partition coefficient (Wildman–Crippen LogP) is 1.20. The summed E-state index contributed by atoms with van der Waals surface area (Å²) in [6.45, 7) is 3.81. The number of sulfonamides is 1. The van der Waals surface area contributed by atoms with Crippen molar-refractivity contribution in [1.29, 1.82) is 0 Å². The fourth-order valence-electron chi connectivity index (χ4n) is 2.36. The molecule has 1 heterocycles. The molecule has 1 unspecified atom stereocenters. The summed E-state index contributed by atoms with van der Waals surface area (Å²) in [6, 6.07) is 5.97. The van der Waals surface area contributed by atoms with Crippen molar-refractivity contribution in [3.63, 3.8) is 0 Å². The maximum Gasteiger partial charge on any atom is 0.243 e. The highest BCUT2D eigenvalue weighted by molar-refractivity contribution is 7.89. The van der Waals surface area contributed by atoms with E-state index in [1.807, 2.05) is 6.92 Å². The quantitative estimate of drug-likeness (QED) is 0.850. The Hall–Kier alpha value is -0.860. The Labute approximate surface area is 148 Å². The average Bonchev–Trinajstić information content (AvgIpc) is 2.48.